The summed E-state index contributed by atoms with van der Waals surface area (Å²) in [5.41, 5.74) is 2.33. The van der Waals surface area contributed by atoms with Crippen LogP contribution in [0.3, 0.4) is 0 Å². The fourth-order valence-corrected chi connectivity index (χ4v) is 5.93. The number of aliphatic hydroxyl groups excluding tert-OH is 1. The van der Waals surface area contributed by atoms with Gasteiger partial charge >= 0.3 is 0 Å². The second kappa shape index (κ2) is 7.94. The Bertz CT molecular complexity index is 1160. The minimum absolute atomic E-state index is 0.0814. The summed E-state index contributed by atoms with van der Waals surface area (Å²) in [5.74, 6) is -2.63. The molecule has 0 aromatic heterocycles. The highest BCUT2D eigenvalue weighted by Gasteiger charge is 2.53. The van der Waals surface area contributed by atoms with E-state index in [0.717, 1.165) is 5.57 Å². The maximum absolute atomic E-state index is 13.2. The van der Waals surface area contributed by atoms with E-state index in [1.807, 2.05) is 18.2 Å². The SMILES string of the molecule is O=C1C=C(Br)C(=O)C2=C1[C@@H](c1ccccc1OCCO)C1=CC[C@@H]3C(=O)NC(=O)[C@@H]3[C@@H]1C2. The van der Waals surface area contributed by atoms with Gasteiger partial charge in [0.25, 0.3) is 0 Å². The van der Waals surface area contributed by atoms with E-state index in [0.29, 0.717) is 28.9 Å². The van der Waals surface area contributed by atoms with Gasteiger partial charge in [-0.1, -0.05) is 29.8 Å². The first kappa shape index (κ1) is 21.0. The minimum atomic E-state index is -0.573. The number of fused-ring (bicyclic) bond motifs is 3. The highest BCUT2D eigenvalue weighted by molar-refractivity contribution is 9.12. The first-order valence-electron chi connectivity index (χ1n) is 10.5. The number of Topliss-reactive ketones (excluding diaryl/α,β-unsaturated/α-hetero) is 1. The molecule has 1 heterocycles. The van der Waals surface area contributed by atoms with Gasteiger partial charge in [-0.05, 0) is 40.8 Å². The molecule has 2 amide bonds. The number of amides is 2. The number of ketones is 2. The predicted molar refractivity (Wildman–Crippen MR) is 117 cm³/mol. The van der Waals surface area contributed by atoms with Crippen molar-refractivity contribution in [3.63, 3.8) is 0 Å². The molecule has 0 saturated carbocycles. The third-order valence-electron chi connectivity index (χ3n) is 6.75. The average Bonchev–Trinajstić information content (AvgIpc) is 3.08. The summed E-state index contributed by atoms with van der Waals surface area (Å²) in [4.78, 5) is 51.2. The molecule has 1 aliphatic heterocycles. The van der Waals surface area contributed by atoms with E-state index in [1.165, 1.54) is 6.08 Å². The second-order valence-corrected chi connectivity index (χ2v) is 9.21. The molecule has 3 aliphatic carbocycles. The highest BCUT2D eigenvalue weighted by atomic mass is 79.9. The second-order valence-electron chi connectivity index (χ2n) is 8.36. The normalized spacial score (nSPS) is 29.1. The minimum Gasteiger partial charge on any atom is -0.491 e. The van der Waals surface area contributed by atoms with E-state index in [1.54, 1.807) is 12.1 Å². The molecule has 8 heteroatoms. The van der Waals surface area contributed by atoms with E-state index >= 15 is 0 Å². The highest BCUT2D eigenvalue weighted by Crippen LogP contribution is 2.55. The Kier molecular flexibility index (Phi) is 5.22. The van der Waals surface area contributed by atoms with Gasteiger partial charge in [-0.25, -0.2) is 0 Å². The number of carbonyl (C=O) groups is 4. The van der Waals surface area contributed by atoms with Gasteiger partial charge in [0.1, 0.15) is 12.4 Å². The number of nitrogens with one attached hydrogen (secondary N) is 1. The number of halogens is 1. The molecule has 1 saturated heterocycles. The zero-order chi connectivity index (χ0) is 22.6. The number of carbonyl (C=O) groups excluding carboxylic acids is 4. The van der Waals surface area contributed by atoms with Crippen molar-refractivity contribution >= 4 is 39.3 Å². The van der Waals surface area contributed by atoms with Crippen LogP contribution in [0.5, 0.6) is 5.75 Å². The summed E-state index contributed by atoms with van der Waals surface area (Å²) < 4.78 is 5.94. The largest absolute Gasteiger partial charge is 0.491 e. The number of imide groups is 1. The third-order valence-corrected chi connectivity index (χ3v) is 7.34. The molecule has 4 aliphatic rings. The van der Waals surface area contributed by atoms with Crippen LogP contribution in [-0.4, -0.2) is 41.7 Å². The first-order chi connectivity index (χ1) is 15.4. The van der Waals surface area contributed by atoms with Gasteiger partial charge in [0.15, 0.2) is 11.6 Å². The number of hydrogen-bond donors (Lipinski definition) is 2. The van der Waals surface area contributed by atoms with E-state index in [2.05, 4.69) is 21.2 Å². The lowest BCUT2D eigenvalue weighted by molar-refractivity contribution is -0.126. The summed E-state index contributed by atoms with van der Waals surface area (Å²) in [6.45, 7) is -0.0878. The van der Waals surface area contributed by atoms with Gasteiger partial charge in [0.05, 0.1) is 22.9 Å². The molecule has 0 spiro atoms. The fourth-order valence-electron chi connectivity index (χ4n) is 5.48. The molecule has 0 bridgehead atoms. The Morgan fingerprint density at radius 3 is 2.66 bits per heavy atom. The topological polar surface area (TPSA) is 110 Å². The molecule has 1 aromatic rings. The Hall–Kier alpha value is -2.84. The molecule has 0 unspecified atom stereocenters. The van der Waals surface area contributed by atoms with E-state index in [9.17, 15) is 24.3 Å². The Balaban J connectivity index is 1.71. The zero-order valence-electron chi connectivity index (χ0n) is 17.0. The molecular weight excluding hydrogens is 478 g/mol. The van der Waals surface area contributed by atoms with Gasteiger partial charge in [-0.3, -0.25) is 24.5 Å². The smallest absolute Gasteiger partial charge is 0.231 e. The van der Waals surface area contributed by atoms with Crippen molar-refractivity contribution < 1.29 is 29.0 Å². The van der Waals surface area contributed by atoms with Crippen LogP contribution in [0.2, 0.25) is 0 Å². The van der Waals surface area contributed by atoms with Crippen molar-refractivity contribution in [1.29, 1.82) is 0 Å². The number of rotatable bonds is 4. The number of benzene rings is 1. The van der Waals surface area contributed by atoms with Crippen molar-refractivity contribution in [1.82, 2.24) is 5.32 Å². The maximum atomic E-state index is 13.2. The summed E-state index contributed by atoms with van der Waals surface area (Å²) in [5, 5.41) is 11.7. The molecule has 32 heavy (non-hydrogen) atoms. The van der Waals surface area contributed by atoms with Crippen LogP contribution in [0.25, 0.3) is 0 Å². The Morgan fingerprint density at radius 2 is 1.88 bits per heavy atom. The third kappa shape index (κ3) is 3.12. The number of hydrogen-bond acceptors (Lipinski definition) is 6. The molecule has 1 fully saturated rings. The standard InChI is InChI=1S/C24H20BrNO6/c25-16-10-17(28)21-15(22(16)29)9-14-11(5-6-13-20(14)24(31)26-23(13)30)19(21)12-3-1-2-4-18(12)32-8-7-27/h1-5,10,13-14,19-20,27H,6-9H2,(H,26,30,31)/t13-,14+,19+,20-/m0/s1. The molecular formula is C24H20BrNO6. The van der Waals surface area contributed by atoms with Crippen molar-refractivity contribution in [2.45, 2.75) is 18.8 Å². The lowest BCUT2D eigenvalue weighted by Gasteiger charge is -2.42. The Morgan fingerprint density at radius 1 is 1.09 bits per heavy atom. The summed E-state index contributed by atoms with van der Waals surface area (Å²) in [7, 11) is 0. The van der Waals surface area contributed by atoms with Crippen LogP contribution >= 0.6 is 15.9 Å². The van der Waals surface area contributed by atoms with Gasteiger partial charge in [-0.2, -0.15) is 0 Å². The molecule has 7 nitrogen and oxygen atoms in total. The molecule has 0 radical (unpaired) electrons. The Labute approximate surface area is 192 Å². The van der Waals surface area contributed by atoms with Gasteiger partial charge in [-0.15, -0.1) is 0 Å². The average molecular weight is 498 g/mol. The molecule has 164 valence electrons. The van der Waals surface area contributed by atoms with E-state index in [4.69, 9.17) is 4.74 Å². The number of allylic oxidation sites excluding steroid dienone is 6. The number of para-hydroxylation sites is 1. The van der Waals surface area contributed by atoms with Gasteiger partial charge in [0.2, 0.25) is 11.8 Å². The summed E-state index contributed by atoms with van der Waals surface area (Å²) >= 11 is 3.20. The lowest BCUT2D eigenvalue weighted by atomic mass is 9.59. The van der Waals surface area contributed by atoms with Crippen LogP contribution in [0.1, 0.15) is 24.3 Å². The predicted octanol–water partition coefficient (Wildman–Crippen LogP) is 2.11. The van der Waals surface area contributed by atoms with Crippen LogP contribution < -0.4 is 10.1 Å². The van der Waals surface area contributed by atoms with E-state index in [-0.39, 0.29) is 53.4 Å². The molecule has 1 aromatic carbocycles. The monoisotopic (exact) mass is 497 g/mol. The lowest BCUT2D eigenvalue weighted by Crippen LogP contribution is -2.39. The summed E-state index contributed by atoms with van der Waals surface area (Å²) in [6.07, 6.45) is 3.87. The quantitative estimate of drug-likeness (QED) is 0.374. The summed E-state index contributed by atoms with van der Waals surface area (Å²) in [6, 6.07) is 7.21. The zero-order valence-corrected chi connectivity index (χ0v) is 18.6. The van der Waals surface area contributed by atoms with Crippen molar-refractivity contribution in [2.75, 3.05) is 13.2 Å². The first-order valence-corrected chi connectivity index (χ1v) is 11.3. The van der Waals surface area contributed by atoms with Gasteiger partial charge < -0.3 is 9.84 Å². The van der Waals surface area contributed by atoms with E-state index < -0.39 is 17.8 Å². The van der Waals surface area contributed by atoms with Crippen molar-refractivity contribution in [2.24, 2.45) is 17.8 Å². The van der Waals surface area contributed by atoms with Crippen LogP contribution in [0, 0.1) is 17.8 Å². The molecule has 4 atom stereocenters. The number of aliphatic hydroxyl groups is 1. The molecule has 2 N–H and O–H groups in total. The van der Waals surface area contributed by atoms with Crippen molar-refractivity contribution in [3.8, 4) is 5.75 Å². The van der Waals surface area contributed by atoms with Gasteiger partial charge in [0, 0.05) is 28.7 Å². The van der Waals surface area contributed by atoms with Crippen LogP contribution in [-0.2, 0) is 19.2 Å². The van der Waals surface area contributed by atoms with Crippen LogP contribution in [0.15, 0.2) is 57.6 Å². The number of ether oxygens (including phenoxy) is 1. The van der Waals surface area contributed by atoms with Crippen LogP contribution in [0.4, 0.5) is 0 Å². The molecule has 5 rings (SSSR count). The maximum Gasteiger partial charge on any atom is 0.231 e. The van der Waals surface area contributed by atoms with Crippen molar-refractivity contribution in [3.05, 3.63) is 63.2 Å². The fraction of sp³-hybridized carbons (Fsp3) is 0.333.